The zero-order valence-corrected chi connectivity index (χ0v) is 17.9. The van der Waals surface area contributed by atoms with Gasteiger partial charge in [0.05, 0.1) is 23.3 Å². The number of pyridine rings is 2. The van der Waals surface area contributed by atoms with Crippen LogP contribution < -0.4 is 10.6 Å². The minimum Gasteiger partial charge on any atom is -0.389 e. The molecule has 1 aliphatic heterocycles. The molecule has 0 spiro atoms. The number of fused-ring (bicyclic) bond motifs is 1. The number of aliphatic hydroxyl groups is 2. The number of rotatable bonds is 3. The van der Waals surface area contributed by atoms with Gasteiger partial charge in [0.25, 0.3) is 0 Å². The fraction of sp³-hybridized carbons (Fsp3) is 0.182. The molecule has 5 rings (SSSR count). The summed E-state index contributed by atoms with van der Waals surface area (Å²) < 4.78 is 0.952. The lowest BCUT2D eigenvalue weighted by Gasteiger charge is -2.16. The van der Waals surface area contributed by atoms with Crippen LogP contribution in [0, 0.1) is 0 Å². The van der Waals surface area contributed by atoms with Gasteiger partial charge in [-0.3, -0.25) is 0 Å². The molecule has 9 heteroatoms. The van der Waals surface area contributed by atoms with E-state index in [1.165, 1.54) is 6.33 Å². The fourth-order valence-electron chi connectivity index (χ4n) is 3.80. The molecule has 3 aromatic heterocycles. The number of hydrogen-bond donors (Lipinski definition) is 3. The van der Waals surface area contributed by atoms with Gasteiger partial charge in [-0.25, -0.2) is 19.9 Å². The second kappa shape index (κ2) is 7.84. The van der Waals surface area contributed by atoms with Crippen LogP contribution in [0.2, 0.25) is 0 Å². The second-order valence-electron chi connectivity index (χ2n) is 7.47. The zero-order valence-electron chi connectivity index (χ0n) is 16.4. The Kier molecular flexibility index (Phi) is 5.01. The van der Waals surface area contributed by atoms with Gasteiger partial charge >= 0.3 is 0 Å². The van der Waals surface area contributed by atoms with E-state index >= 15 is 0 Å². The van der Waals surface area contributed by atoms with E-state index in [0.717, 1.165) is 21.2 Å². The molecule has 31 heavy (non-hydrogen) atoms. The van der Waals surface area contributed by atoms with Crippen molar-refractivity contribution in [2.45, 2.75) is 12.2 Å². The number of aliphatic hydroxyl groups excluding tert-OH is 2. The van der Waals surface area contributed by atoms with Crippen LogP contribution in [0.4, 0.5) is 11.6 Å². The quantitative estimate of drug-likeness (QED) is 0.410. The summed E-state index contributed by atoms with van der Waals surface area (Å²) in [6.07, 6.45) is 1.61. The lowest BCUT2D eigenvalue weighted by atomic mass is 10.0. The third-order valence-electron chi connectivity index (χ3n) is 5.40. The van der Waals surface area contributed by atoms with Gasteiger partial charge in [0.2, 0.25) is 0 Å². The van der Waals surface area contributed by atoms with E-state index in [0.29, 0.717) is 41.5 Å². The smallest absolute Gasteiger partial charge is 0.165 e. The number of nitrogen functional groups attached to an aromatic ring is 1. The molecule has 1 saturated heterocycles. The summed E-state index contributed by atoms with van der Waals surface area (Å²) in [5.74, 6) is 1.07. The van der Waals surface area contributed by atoms with Gasteiger partial charge in [0, 0.05) is 29.3 Å². The molecular weight excluding hydrogens is 460 g/mol. The number of hydrogen-bond acceptors (Lipinski definition) is 8. The van der Waals surface area contributed by atoms with Crippen molar-refractivity contribution in [2.75, 3.05) is 23.7 Å². The van der Waals surface area contributed by atoms with E-state index in [1.807, 2.05) is 47.4 Å². The van der Waals surface area contributed by atoms with Crippen molar-refractivity contribution in [3.8, 4) is 22.4 Å². The minimum atomic E-state index is -0.762. The van der Waals surface area contributed by atoms with E-state index in [2.05, 4.69) is 35.9 Å². The summed E-state index contributed by atoms with van der Waals surface area (Å²) in [4.78, 5) is 19.5. The Hall–Kier alpha value is -3.14. The molecule has 1 aliphatic rings. The van der Waals surface area contributed by atoms with Crippen molar-refractivity contribution in [1.82, 2.24) is 19.9 Å². The summed E-state index contributed by atoms with van der Waals surface area (Å²) in [6.45, 7) is 0.704. The molecule has 4 heterocycles. The van der Waals surface area contributed by atoms with Crippen LogP contribution in [0.5, 0.6) is 0 Å². The fourth-order valence-corrected chi connectivity index (χ4v) is 4.20. The average molecular weight is 479 g/mol. The van der Waals surface area contributed by atoms with Crippen molar-refractivity contribution < 1.29 is 10.2 Å². The third-order valence-corrected chi connectivity index (χ3v) is 5.89. The molecule has 0 amide bonds. The largest absolute Gasteiger partial charge is 0.389 e. The van der Waals surface area contributed by atoms with Crippen molar-refractivity contribution in [3.63, 3.8) is 0 Å². The molecule has 4 aromatic rings. The first kappa shape index (κ1) is 19.8. The van der Waals surface area contributed by atoms with Gasteiger partial charge in [-0.1, -0.05) is 28.1 Å². The van der Waals surface area contributed by atoms with E-state index in [4.69, 9.17) is 5.73 Å². The Bertz CT molecular complexity index is 1260. The first-order valence-electron chi connectivity index (χ1n) is 9.74. The van der Waals surface area contributed by atoms with E-state index < -0.39 is 12.2 Å². The van der Waals surface area contributed by atoms with Crippen molar-refractivity contribution in [3.05, 3.63) is 59.5 Å². The van der Waals surface area contributed by atoms with Gasteiger partial charge in [0.15, 0.2) is 5.65 Å². The Balaban J connectivity index is 1.59. The van der Waals surface area contributed by atoms with Gasteiger partial charge in [0.1, 0.15) is 18.0 Å². The Morgan fingerprint density at radius 1 is 0.968 bits per heavy atom. The zero-order chi connectivity index (χ0) is 21.5. The Morgan fingerprint density at radius 3 is 2.48 bits per heavy atom. The molecule has 2 unspecified atom stereocenters. The van der Waals surface area contributed by atoms with Crippen LogP contribution in [0.1, 0.15) is 0 Å². The van der Waals surface area contributed by atoms with Crippen LogP contribution >= 0.6 is 15.9 Å². The van der Waals surface area contributed by atoms with Gasteiger partial charge in [-0.05, 0) is 41.5 Å². The van der Waals surface area contributed by atoms with Gasteiger partial charge in [-0.15, -0.1) is 0 Å². The van der Waals surface area contributed by atoms with Crippen LogP contribution in [0.15, 0.2) is 59.5 Å². The van der Waals surface area contributed by atoms with Crippen LogP contribution in [-0.4, -0.2) is 55.4 Å². The summed E-state index contributed by atoms with van der Waals surface area (Å²) in [5.41, 5.74) is 10.1. The minimum absolute atomic E-state index is 0.352. The highest BCUT2D eigenvalue weighted by molar-refractivity contribution is 9.10. The van der Waals surface area contributed by atoms with Crippen LogP contribution in [-0.2, 0) is 0 Å². The molecule has 4 N–H and O–H groups in total. The van der Waals surface area contributed by atoms with Gasteiger partial charge < -0.3 is 20.8 Å². The Labute approximate surface area is 186 Å². The standard InChI is InChI=1S/C22H19BrN6O2/c23-14-3-1-2-12(6-14)15-7-16(28-22-20(15)21(24)26-11-27-22)13-4-5-19(25-8-13)29-9-17(30)18(31)10-29/h1-8,11,17-18,30-31H,9-10H2,(H2,24,26,27,28). The first-order valence-corrected chi connectivity index (χ1v) is 10.5. The summed E-state index contributed by atoms with van der Waals surface area (Å²) in [7, 11) is 0. The number of nitrogens with two attached hydrogens (primary N) is 1. The average Bonchev–Trinajstić information content (AvgIpc) is 3.11. The molecule has 156 valence electrons. The normalized spacial score (nSPS) is 18.6. The molecule has 1 aromatic carbocycles. The van der Waals surface area contributed by atoms with Crippen molar-refractivity contribution >= 4 is 38.6 Å². The van der Waals surface area contributed by atoms with E-state index in [9.17, 15) is 10.2 Å². The molecule has 0 aliphatic carbocycles. The number of anilines is 2. The molecule has 0 saturated carbocycles. The summed E-state index contributed by atoms with van der Waals surface area (Å²) >= 11 is 3.53. The predicted molar refractivity (Wildman–Crippen MR) is 122 cm³/mol. The molecule has 0 radical (unpaired) electrons. The number of β-amino-alcohol motifs (C(OH)–C–C–N with tert-alkyl or cyclic N) is 2. The molecule has 2 atom stereocenters. The Morgan fingerprint density at radius 2 is 1.77 bits per heavy atom. The lowest BCUT2D eigenvalue weighted by molar-refractivity contribution is 0.0572. The highest BCUT2D eigenvalue weighted by atomic mass is 79.9. The number of benzene rings is 1. The van der Waals surface area contributed by atoms with E-state index in [-0.39, 0.29) is 0 Å². The maximum atomic E-state index is 9.79. The van der Waals surface area contributed by atoms with Gasteiger partial charge in [-0.2, -0.15) is 0 Å². The molecule has 1 fully saturated rings. The molecule has 0 bridgehead atoms. The van der Waals surface area contributed by atoms with E-state index in [1.54, 1.807) is 6.20 Å². The number of nitrogens with zero attached hydrogens (tertiary/aromatic N) is 5. The number of aromatic nitrogens is 4. The summed E-state index contributed by atoms with van der Waals surface area (Å²) in [5, 5.41) is 20.3. The van der Waals surface area contributed by atoms with Crippen LogP contribution in [0.3, 0.4) is 0 Å². The predicted octanol–water partition coefficient (Wildman–Crippen LogP) is 2.64. The third kappa shape index (κ3) is 3.71. The summed E-state index contributed by atoms with van der Waals surface area (Å²) in [6, 6.07) is 13.7. The maximum absolute atomic E-state index is 9.79. The number of halogens is 1. The SMILES string of the molecule is Nc1ncnc2nc(-c3ccc(N4CC(O)C(O)C4)nc3)cc(-c3cccc(Br)c3)c12. The monoisotopic (exact) mass is 478 g/mol. The van der Waals surface area contributed by atoms with Crippen molar-refractivity contribution in [2.24, 2.45) is 0 Å². The second-order valence-corrected chi connectivity index (χ2v) is 8.38. The highest BCUT2D eigenvalue weighted by Gasteiger charge is 2.30. The highest BCUT2D eigenvalue weighted by Crippen LogP contribution is 2.34. The maximum Gasteiger partial charge on any atom is 0.165 e. The topological polar surface area (TPSA) is 121 Å². The lowest BCUT2D eigenvalue weighted by Crippen LogP contribution is -2.22. The molecular formula is C22H19BrN6O2. The van der Waals surface area contributed by atoms with Crippen LogP contribution in [0.25, 0.3) is 33.4 Å². The van der Waals surface area contributed by atoms with Crippen molar-refractivity contribution in [1.29, 1.82) is 0 Å². The first-order chi connectivity index (χ1) is 15.0. The molecule has 8 nitrogen and oxygen atoms in total.